The Morgan fingerprint density at radius 2 is 1.74 bits per heavy atom. The van der Waals surface area contributed by atoms with Crippen LogP contribution >= 0.6 is 24.8 Å². The maximum atomic E-state index is 6.65. The zero-order valence-electron chi connectivity index (χ0n) is 19.2. The van der Waals surface area contributed by atoms with Crippen molar-refractivity contribution >= 4 is 41.3 Å². The van der Waals surface area contributed by atoms with E-state index < -0.39 is 17.8 Å². The molecule has 4 rings (SSSR count). The fourth-order valence-electron chi connectivity index (χ4n) is 4.24. The van der Waals surface area contributed by atoms with Crippen LogP contribution < -0.4 is 3.32 Å². The quantitative estimate of drug-likeness (QED) is 0.395. The second-order valence-corrected chi connectivity index (χ2v) is 12.8. The number of hydrogen-bond acceptors (Lipinski definition) is 1. The van der Waals surface area contributed by atoms with Gasteiger partial charge in [-0.3, -0.25) is 0 Å². The summed E-state index contributed by atoms with van der Waals surface area (Å²) in [7, 11) is 0. The topological polar surface area (TPSA) is 9.23 Å². The predicted octanol–water partition coefficient (Wildman–Crippen LogP) is 8.02. The van der Waals surface area contributed by atoms with Gasteiger partial charge in [0.2, 0.25) is 0 Å². The van der Waals surface area contributed by atoms with Crippen molar-refractivity contribution in [3.63, 3.8) is 0 Å². The molecular weight excluding hydrogens is 459 g/mol. The maximum absolute atomic E-state index is 6.65. The standard InChI is InChI=1S/C15H13.C11H16O.CH2.2ClH.Ti/c1-10-5-3-7-12-13-8-4-6-11(2)15(13)9-14(10)12;1-8-5-9(11(2,3)4)7-10(12)6-8;;;;/h3-9H,1-2H3;5-7,12H,1-4H3;1H2;2*1H;/q;;;;;+1/p-1. The van der Waals surface area contributed by atoms with E-state index in [1.54, 1.807) is 0 Å². The molecule has 2 aromatic carbocycles. The Bertz CT molecular complexity index is 1120. The van der Waals surface area contributed by atoms with Crippen molar-refractivity contribution < 1.29 is 21.1 Å². The monoisotopic (exact) mass is 490 g/mol. The van der Waals surface area contributed by atoms with Crippen LogP contribution in [0.1, 0.15) is 55.5 Å². The Kier molecular flexibility index (Phi) is 7.71. The zero-order chi connectivity index (χ0) is 21.0. The Balaban J connectivity index is 0.00000171. The fraction of sp³-hybridized carbons (Fsp3) is 0.296. The molecule has 0 saturated heterocycles. The van der Waals surface area contributed by atoms with Gasteiger partial charge in [-0.1, -0.05) is 0 Å². The van der Waals surface area contributed by atoms with Gasteiger partial charge in [-0.15, -0.1) is 24.8 Å². The van der Waals surface area contributed by atoms with Gasteiger partial charge in [-0.25, -0.2) is 0 Å². The zero-order valence-corrected chi connectivity index (χ0v) is 22.4. The van der Waals surface area contributed by atoms with E-state index in [4.69, 9.17) is 3.32 Å². The molecule has 0 saturated carbocycles. The molecule has 0 bridgehead atoms. The van der Waals surface area contributed by atoms with Gasteiger partial charge in [0.05, 0.1) is 0 Å². The van der Waals surface area contributed by atoms with Crippen LogP contribution in [0, 0.1) is 13.8 Å². The Morgan fingerprint density at radius 3 is 2.42 bits per heavy atom. The van der Waals surface area contributed by atoms with Crippen LogP contribution in [0.15, 0.2) is 60.2 Å². The second kappa shape index (κ2) is 9.24. The van der Waals surface area contributed by atoms with Gasteiger partial charge in [0, 0.05) is 0 Å². The molecular formula is C27H32Cl2OTi. The molecule has 0 spiro atoms. The first-order valence-corrected chi connectivity index (χ1v) is 12.8. The summed E-state index contributed by atoms with van der Waals surface area (Å²) in [6, 6.07) is 13.2. The molecule has 4 heteroatoms. The van der Waals surface area contributed by atoms with Gasteiger partial charge in [-0.2, -0.15) is 0 Å². The van der Waals surface area contributed by atoms with Crippen molar-refractivity contribution in [2.75, 3.05) is 0 Å². The summed E-state index contributed by atoms with van der Waals surface area (Å²) in [5.74, 6) is 0.970. The van der Waals surface area contributed by atoms with Crippen molar-refractivity contribution in [1.29, 1.82) is 0 Å². The van der Waals surface area contributed by atoms with Gasteiger partial charge in [0.1, 0.15) is 0 Å². The molecule has 31 heavy (non-hydrogen) atoms. The van der Waals surface area contributed by atoms with E-state index in [9.17, 15) is 0 Å². The average Bonchev–Trinajstić information content (AvgIpc) is 3.02. The van der Waals surface area contributed by atoms with Crippen molar-refractivity contribution in [3.8, 4) is 5.75 Å². The first-order chi connectivity index (χ1) is 13.6. The number of allylic oxidation sites excluding steroid dienone is 5. The molecule has 0 N–H and O–H groups in total. The summed E-state index contributed by atoms with van der Waals surface area (Å²) >= 11 is -2.22. The second-order valence-electron chi connectivity index (χ2n) is 9.55. The van der Waals surface area contributed by atoms with Crippen molar-refractivity contribution in [2.45, 2.75) is 50.7 Å². The minimum atomic E-state index is -2.22. The molecule has 0 aliphatic heterocycles. The third-order valence-corrected chi connectivity index (χ3v) is 9.43. The molecule has 1 unspecified atom stereocenters. The third kappa shape index (κ3) is 4.71. The van der Waals surface area contributed by atoms with E-state index in [2.05, 4.69) is 107 Å². The van der Waals surface area contributed by atoms with Gasteiger partial charge in [-0.05, 0) is 0 Å². The summed E-state index contributed by atoms with van der Waals surface area (Å²) in [6.07, 6.45) is 9.13. The number of aryl methyl sites for hydroxylation is 2. The molecule has 0 fully saturated rings. The molecule has 2 aliphatic carbocycles. The van der Waals surface area contributed by atoms with Crippen LogP contribution in [0.25, 0.3) is 11.6 Å². The summed E-state index contributed by atoms with van der Waals surface area (Å²) in [4.78, 5) is 4.62. The molecule has 1 nitrogen and oxygen atoms in total. The van der Waals surface area contributed by atoms with Crippen LogP contribution in [-0.2, 0) is 23.2 Å². The first-order valence-electron chi connectivity index (χ1n) is 10.3. The van der Waals surface area contributed by atoms with E-state index in [1.165, 1.54) is 39.0 Å². The first kappa shape index (κ1) is 25.9. The minimum absolute atomic E-state index is 0. The van der Waals surface area contributed by atoms with Crippen LogP contribution in [0.2, 0.25) is 3.72 Å². The van der Waals surface area contributed by atoms with E-state index in [1.807, 2.05) is 0 Å². The van der Waals surface area contributed by atoms with Crippen molar-refractivity contribution in [1.82, 2.24) is 0 Å². The van der Waals surface area contributed by atoms with Gasteiger partial charge in [0.15, 0.2) is 0 Å². The van der Waals surface area contributed by atoms with E-state index in [-0.39, 0.29) is 33.9 Å². The number of hydrogen-bond donors (Lipinski definition) is 0. The SMILES string of the molecule is Cl.Cl.[CH2]=[Ti]([O]c1cc(C)cc(C(C)(C)C)c1)[C]1(C)C=CC=C2C1=Cc1c(C)cccc12. The van der Waals surface area contributed by atoms with Crippen LogP contribution in [0.4, 0.5) is 0 Å². The fourth-order valence-corrected chi connectivity index (χ4v) is 6.43. The molecule has 1 atom stereocenters. The normalized spacial score (nSPS) is 18.6. The number of halogens is 2. The van der Waals surface area contributed by atoms with Crippen LogP contribution in [0.3, 0.4) is 0 Å². The van der Waals surface area contributed by atoms with E-state index in [0.29, 0.717) is 0 Å². The molecule has 164 valence electrons. The van der Waals surface area contributed by atoms with Crippen molar-refractivity contribution in [2.24, 2.45) is 0 Å². The molecule has 0 heterocycles. The summed E-state index contributed by atoms with van der Waals surface area (Å²) in [6.45, 7) is 13.4. The van der Waals surface area contributed by atoms with Crippen LogP contribution in [0.5, 0.6) is 5.75 Å². The molecule has 0 amide bonds. The Hall–Kier alpha value is -1.38. The number of rotatable bonds is 3. The van der Waals surface area contributed by atoms with E-state index >= 15 is 0 Å². The van der Waals surface area contributed by atoms with Gasteiger partial charge in [0.25, 0.3) is 0 Å². The predicted molar refractivity (Wildman–Crippen MR) is 137 cm³/mol. The Labute approximate surface area is 205 Å². The third-order valence-electron chi connectivity index (χ3n) is 6.18. The average molecular weight is 491 g/mol. The van der Waals surface area contributed by atoms with Gasteiger partial charge < -0.3 is 0 Å². The molecule has 0 radical (unpaired) electrons. The molecule has 2 aliphatic rings. The molecule has 0 aromatic heterocycles. The molecule has 2 aromatic rings. The summed E-state index contributed by atoms with van der Waals surface area (Å²) in [5.41, 5.74) is 9.38. The summed E-state index contributed by atoms with van der Waals surface area (Å²) in [5, 5.41) is 0. The van der Waals surface area contributed by atoms with E-state index in [0.717, 1.165) is 5.75 Å². The Morgan fingerprint density at radius 1 is 1.03 bits per heavy atom. The number of fused-ring (bicyclic) bond motifs is 3. The van der Waals surface area contributed by atoms with Gasteiger partial charge >= 0.3 is 182 Å². The number of benzene rings is 2. The van der Waals surface area contributed by atoms with Crippen molar-refractivity contribution in [3.05, 3.63) is 88.0 Å². The summed E-state index contributed by atoms with van der Waals surface area (Å²) < 4.78 is 6.52. The van der Waals surface area contributed by atoms with Crippen LogP contribution in [-0.4, -0.2) is 4.82 Å².